The molecule has 1 aliphatic rings. The third kappa shape index (κ3) is 4.75. The average molecular weight is 310 g/mol. The molecule has 114 valence electrons. The van der Waals surface area contributed by atoms with Gasteiger partial charge in [-0.25, -0.2) is 4.39 Å². The fourth-order valence-electron chi connectivity index (χ4n) is 2.29. The Bertz CT molecular complexity index is 530. The Labute approximate surface area is 128 Å². The van der Waals surface area contributed by atoms with Gasteiger partial charge in [-0.05, 0) is 25.3 Å². The number of benzene rings is 1. The van der Waals surface area contributed by atoms with Gasteiger partial charge in [-0.3, -0.25) is 4.79 Å². The maximum Gasteiger partial charge on any atom is 0.222 e. The Kier molecular flexibility index (Phi) is 5.64. The Hall–Kier alpha value is -1.53. The van der Waals surface area contributed by atoms with Gasteiger partial charge in [-0.15, -0.1) is 0 Å². The number of ether oxygens (including phenoxy) is 1. The molecule has 0 saturated carbocycles. The second-order valence-electron chi connectivity index (χ2n) is 5.14. The zero-order valence-electron chi connectivity index (χ0n) is 11.7. The maximum absolute atomic E-state index is 13.8. The lowest BCUT2D eigenvalue weighted by Gasteiger charge is -2.21. The molecule has 4 nitrogen and oxygen atoms in total. The van der Waals surface area contributed by atoms with E-state index in [1.165, 1.54) is 6.07 Å². The molecule has 0 aromatic heterocycles. The summed E-state index contributed by atoms with van der Waals surface area (Å²) in [5.41, 5.74) is 6.33. The van der Waals surface area contributed by atoms with Crippen LogP contribution < -0.4 is 11.1 Å². The maximum atomic E-state index is 13.8. The normalized spacial score (nSPS) is 18.2. The number of hydrogen-bond donors (Lipinski definition) is 2. The van der Waals surface area contributed by atoms with Gasteiger partial charge in [-0.1, -0.05) is 24.4 Å². The van der Waals surface area contributed by atoms with Crippen LogP contribution in [0.1, 0.15) is 36.8 Å². The summed E-state index contributed by atoms with van der Waals surface area (Å²) in [6.07, 6.45) is 3.36. The van der Waals surface area contributed by atoms with Crippen LogP contribution in [0.2, 0.25) is 0 Å². The van der Waals surface area contributed by atoms with Crippen LogP contribution in [-0.2, 0) is 16.1 Å². The molecule has 1 saturated heterocycles. The van der Waals surface area contributed by atoms with E-state index in [9.17, 15) is 9.18 Å². The number of nitrogens with one attached hydrogen (secondary N) is 1. The molecule has 3 N–H and O–H groups in total. The summed E-state index contributed by atoms with van der Waals surface area (Å²) >= 11 is 4.79. The van der Waals surface area contributed by atoms with Gasteiger partial charge in [-0.2, -0.15) is 0 Å². The lowest BCUT2D eigenvalue weighted by Crippen LogP contribution is -2.30. The molecule has 1 aromatic rings. The van der Waals surface area contributed by atoms with Gasteiger partial charge in [0.25, 0.3) is 0 Å². The number of carbonyl (C=O) groups is 1. The lowest BCUT2D eigenvalue weighted by atomic mass is 10.1. The molecule has 21 heavy (non-hydrogen) atoms. The van der Waals surface area contributed by atoms with E-state index in [4.69, 9.17) is 22.7 Å². The number of halogens is 1. The van der Waals surface area contributed by atoms with Gasteiger partial charge >= 0.3 is 0 Å². The summed E-state index contributed by atoms with van der Waals surface area (Å²) in [6, 6.07) is 4.52. The first-order chi connectivity index (χ1) is 10.1. The second-order valence-corrected chi connectivity index (χ2v) is 5.58. The third-order valence-electron chi connectivity index (χ3n) is 3.50. The molecule has 0 spiro atoms. The van der Waals surface area contributed by atoms with E-state index in [2.05, 4.69) is 5.32 Å². The van der Waals surface area contributed by atoms with E-state index in [1.807, 2.05) is 0 Å². The molecule has 1 unspecified atom stereocenters. The minimum absolute atomic E-state index is 0.0133. The molecule has 1 atom stereocenters. The first-order valence-corrected chi connectivity index (χ1v) is 7.43. The first kappa shape index (κ1) is 15.9. The summed E-state index contributed by atoms with van der Waals surface area (Å²) in [4.78, 5) is 12.0. The van der Waals surface area contributed by atoms with Crippen molar-refractivity contribution in [2.24, 2.45) is 5.73 Å². The Balaban J connectivity index is 1.84. The van der Waals surface area contributed by atoms with Gasteiger partial charge < -0.3 is 15.8 Å². The standard InChI is InChI=1S/C15H19FN2O2S/c16-13-7-10(15(17)21)4-5-11(13)9-18-14(19)8-12-3-1-2-6-20-12/h4-5,7,12H,1-3,6,8-9H2,(H2,17,21)(H,18,19). The van der Waals surface area contributed by atoms with Crippen LogP contribution >= 0.6 is 12.2 Å². The van der Waals surface area contributed by atoms with Crippen LogP contribution in [0, 0.1) is 5.82 Å². The van der Waals surface area contributed by atoms with Crippen molar-refractivity contribution in [3.05, 3.63) is 35.1 Å². The summed E-state index contributed by atoms with van der Waals surface area (Å²) in [6.45, 7) is 0.863. The highest BCUT2D eigenvalue weighted by Crippen LogP contribution is 2.16. The first-order valence-electron chi connectivity index (χ1n) is 7.03. The van der Waals surface area contributed by atoms with Crippen LogP contribution in [0.3, 0.4) is 0 Å². The number of carbonyl (C=O) groups excluding carboxylic acids is 1. The van der Waals surface area contributed by atoms with E-state index >= 15 is 0 Å². The van der Waals surface area contributed by atoms with Crippen LogP contribution in [0.4, 0.5) is 4.39 Å². The molecular formula is C15H19FN2O2S. The number of rotatable bonds is 5. The van der Waals surface area contributed by atoms with Crippen LogP contribution in [0.15, 0.2) is 18.2 Å². The van der Waals surface area contributed by atoms with Crippen LogP contribution in [0.25, 0.3) is 0 Å². The SMILES string of the molecule is NC(=S)c1ccc(CNC(=O)CC2CCCCO2)c(F)c1. The third-order valence-corrected chi connectivity index (χ3v) is 3.74. The van der Waals surface area contributed by atoms with Crippen molar-refractivity contribution in [3.8, 4) is 0 Å². The quantitative estimate of drug-likeness (QED) is 0.817. The van der Waals surface area contributed by atoms with Crippen molar-refractivity contribution in [1.82, 2.24) is 5.32 Å². The Morgan fingerprint density at radius 2 is 2.29 bits per heavy atom. The molecule has 1 aromatic carbocycles. The van der Waals surface area contributed by atoms with Crippen molar-refractivity contribution in [2.75, 3.05) is 6.61 Å². The minimum atomic E-state index is -0.422. The predicted octanol–water partition coefficient (Wildman–Crippen LogP) is 2.04. The highest BCUT2D eigenvalue weighted by atomic mass is 32.1. The average Bonchev–Trinajstić information content (AvgIpc) is 2.47. The molecule has 0 radical (unpaired) electrons. The molecule has 0 aliphatic carbocycles. The van der Waals surface area contributed by atoms with E-state index in [1.54, 1.807) is 12.1 Å². The van der Waals surface area contributed by atoms with Gasteiger partial charge in [0.15, 0.2) is 0 Å². The number of hydrogen-bond acceptors (Lipinski definition) is 3. The van der Waals surface area contributed by atoms with Gasteiger partial charge in [0.1, 0.15) is 10.8 Å². The fraction of sp³-hybridized carbons (Fsp3) is 0.467. The number of amides is 1. The molecule has 1 heterocycles. The van der Waals surface area contributed by atoms with Crippen molar-refractivity contribution >= 4 is 23.1 Å². The van der Waals surface area contributed by atoms with Crippen molar-refractivity contribution < 1.29 is 13.9 Å². The van der Waals surface area contributed by atoms with Crippen molar-refractivity contribution in [2.45, 2.75) is 38.3 Å². The molecule has 0 bridgehead atoms. The minimum Gasteiger partial charge on any atom is -0.389 e. The topological polar surface area (TPSA) is 64.3 Å². The van der Waals surface area contributed by atoms with Crippen LogP contribution in [-0.4, -0.2) is 23.6 Å². The van der Waals surface area contributed by atoms with E-state index in [0.717, 1.165) is 19.3 Å². The highest BCUT2D eigenvalue weighted by Gasteiger charge is 2.17. The van der Waals surface area contributed by atoms with E-state index in [0.29, 0.717) is 24.2 Å². The zero-order valence-corrected chi connectivity index (χ0v) is 12.5. The van der Waals surface area contributed by atoms with Crippen LogP contribution in [0.5, 0.6) is 0 Å². The molecule has 1 aliphatic heterocycles. The highest BCUT2D eigenvalue weighted by molar-refractivity contribution is 7.80. The van der Waals surface area contributed by atoms with Crippen molar-refractivity contribution in [3.63, 3.8) is 0 Å². The van der Waals surface area contributed by atoms with E-state index in [-0.39, 0.29) is 23.5 Å². The summed E-state index contributed by atoms with van der Waals surface area (Å²) in [5, 5.41) is 2.71. The fourth-order valence-corrected chi connectivity index (χ4v) is 2.41. The van der Waals surface area contributed by atoms with Gasteiger partial charge in [0.2, 0.25) is 5.91 Å². The summed E-state index contributed by atoms with van der Waals surface area (Å²) < 4.78 is 19.3. The molecular weight excluding hydrogens is 291 g/mol. The second kappa shape index (κ2) is 7.47. The number of nitrogens with two attached hydrogens (primary N) is 1. The summed E-state index contributed by atoms with van der Waals surface area (Å²) in [7, 11) is 0. The Morgan fingerprint density at radius 1 is 1.48 bits per heavy atom. The Morgan fingerprint density at radius 3 is 2.90 bits per heavy atom. The molecule has 6 heteroatoms. The predicted molar refractivity (Wildman–Crippen MR) is 82.3 cm³/mol. The number of thiocarbonyl (C=S) groups is 1. The van der Waals surface area contributed by atoms with Gasteiger partial charge in [0, 0.05) is 24.3 Å². The molecule has 1 amide bonds. The van der Waals surface area contributed by atoms with Gasteiger partial charge in [0.05, 0.1) is 12.5 Å². The van der Waals surface area contributed by atoms with E-state index < -0.39 is 5.82 Å². The smallest absolute Gasteiger partial charge is 0.222 e. The lowest BCUT2D eigenvalue weighted by molar-refractivity contribution is -0.125. The zero-order chi connectivity index (χ0) is 15.2. The molecule has 1 fully saturated rings. The monoisotopic (exact) mass is 310 g/mol. The van der Waals surface area contributed by atoms with Crippen molar-refractivity contribution in [1.29, 1.82) is 0 Å². The largest absolute Gasteiger partial charge is 0.389 e. The summed E-state index contributed by atoms with van der Waals surface area (Å²) in [5.74, 6) is -0.547. The molecule has 2 rings (SSSR count).